The molecule has 0 spiro atoms. The van der Waals surface area contributed by atoms with Gasteiger partial charge in [0.2, 0.25) is 0 Å². The molecule has 0 rings (SSSR count). The first kappa shape index (κ1) is 11.2. The minimum Gasteiger partial charge on any atom is -0.481 e. The lowest BCUT2D eigenvalue weighted by Crippen LogP contribution is -2.37. The molecule has 0 aliphatic heterocycles. The number of aliphatic carboxylic acids is 1. The highest BCUT2D eigenvalue weighted by molar-refractivity contribution is 5.66. The number of alkyl halides is 3. The largest absolute Gasteiger partial charge is 0.481 e. The predicted octanol–water partition coefficient (Wildman–Crippen LogP) is 1.13. The number of carbonyl (C=O) groups is 1. The Hall–Kier alpha value is -0.780. The van der Waals surface area contributed by atoms with Crippen LogP contribution in [0.25, 0.3) is 0 Å². The first-order valence-corrected chi connectivity index (χ1v) is 3.38. The molecule has 0 unspecified atom stereocenters. The van der Waals surface area contributed by atoms with Gasteiger partial charge in [0.15, 0.2) is 0 Å². The zero-order chi connectivity index (χ0) is 9.78. The van der Waals surface area contributed by atoms with Crippen molar-refractivity contribution >= 4 is 5.97 Å². The molecule has 0 bridgehead atoms. The lowest BCUT2D eigenvalue weighted by Gasteiger charge is -2.14. The van der Waals surface area contributed by atoms with E-state index in [1.807, 2.05) is 0 Å². The summed E-state index contributed by atoms with van der Waals surface area (Å²) >= 11 is 0. The molecule has 0 radical (unpaired) electrons. The van der Waals surface area contributed by atoms with Crippen molar-refractivity contribution in [3.05, 3.63) is 0 Å². The smallest absolute Gasteiger partial charge is 0.403 e. The molecule has 0 fully saturated rings. The van der Waals surface area contributed by atoms with Crippen molar-refractivity contribution in [2.75, 3.05) is 0 Å². The van der Waals surface area contributed by atoms with Crippen LogP contribution in [0.3, 0.4) is 0 Å². The molecule has 0 saturated heterocycles. The van der Waals surface area contributed by atoms with Gasteiger partial charge < -0.3 is 10.8 Å². The van der Waals surface area contributed by atoms with Gasteiger partial charge in [0.05, 0.1) is 0 Å². The molecule has 3 N–H and O–H groups in total. The molecule has 0 amide bonds. The highest BCUT2D eigenvalue weighted by Crippen LogP contribution is 2.21. The Balaban J connectivity index is 3.58. The fourth-order valence-electron chi connectivity index (χ4n) is 0.637. The van der Waals surface area contributed by atoms with Crippen molar-refractivity contribution in [2.45, 2.75) is 31.5 Å². The Bertz CT molecular complexity index is 157. The van der Waals surface area contributed by atoms with Crippen LogP contribution in [-0.2, 0) is 4.79 Å². The van der Waals surface area contributed by atoms with Crippen molar-refractivity contribution in [2.24, 2.45) is 5.73 Å². The lowest BCUT2D eigenvalue weighted by atomic mass is 10.1. The number of halogens is 3. The third-order valence-corrected chi connectivity index (χ3v) is 1.33. The molecule has 0 aromatic rings. The molecule has 12 heavy (non-hydrogen) atoms. The van der Waals surface area contributed by atoms with Gasteiger partial charge in [-0.15, -0.1) is 0 Å². The maximum atomic E-state index is 11.7. The molecule has 0 aliphatic rings. The van der Waals surface area contributed by atoms with E-state index in [0.717, 1.165) is 0 Å². The summed E-state index contributed by atoms with van der Waals surface area (Å²) in [5.41, 5.74) is 4.72. The Morgan fingerprint density at radius 1 is 1.50 bits per heavy atom. The number of carboxylic acids is 1. The van der Waals surface area contributed by atoms with Gasteiger partial charge >= 0.3 is 12.1 Å². The maximum Gasteiger partial charge on any atom is 0.403 e. The molecule has 72 valence electrons. The summed E-state index contributed by atoms with van der Waals surface area (Å²) in [6, 6.07) is -1.91. The lowest BCUT2D eigenvalue weighted by molar-refractivity contribution is -0.150. The van der Waals surface area contributed by atoms with E-state index in [0.29, 0.717) is 0 Å². The van der Waals surface area contributed by atoms with Crippen LogP contribution in [0.4, 0.5) is 13.2 Å². The van der Waals surface area contributed by atoms with E-state index >= 15 is 0 Å². The number of hydrogen-bond donors (Lipinski definition) is 2. The number of carboxylic acid groups (broad SMARTS) is 1. The standard InChI is InChI=1S/C6H10F3NO2/c7-6(8,9)4(10)2-1-3-5(11)12/h4H,1-3,10H2,(H,11,12)/t4-/m0/s1. The Morgan fingerprint density at radius 3 is 2.33 bits per heavy atom. The van der Waals surface area contributed by atoms with Crippen molar-refractivity contribution in [3.63, 3.8) is 0 Å². The van der Waals surface area contributed by atoms with E-state index < -0.39 is 18.2 Å². The molecule has 0 heterocycles. The fraction of sp³-hybridized carbons (Fsp3) is 0.833. The molecule has 0 aromatic carbocycles. The summed E-state index contributed by atoms with van der Waals surface area (Å²) in [6.07, 6.45) is -5.08. The highest BCUT2D eigenvalue weighted by Gasteiger charge is 2.35. The minimum atomic E-state index is -4.42. The van der Waals surface area contributed by atoms with E-state index in [9.17, 15) is 18.0 Å². The van der Waals surface area contributed by atoms with Gasteiger partial charge in [-0.05, 0) is 12.8 Å². The van der Waals surface area contributed by atoms with Crippen LogP contribution in [0.5, 0.6) is 0 Å². The number of rotatable bonds is 4. The normalized spacial score (nSPS) is 14.3. The van der Waals surface area contributed by atoms with Crippen molar-refractivity contribution < 1.29 is 23.1 Å². The molecule has 0 aromatic heterocycles. The van der Waals surface area contributed by atoms with Gasteiger partial charge in [0, 0.05) is 6.42 Å². The van der Waals surface area contributed by atoms with Gasteiger partial charge in [0.1, 0.15) is 6.04 Å². The molecule has 0 aliphatic carbocycles. The number of nitrogens with two attached hydrogens (primary N) is 1. The molecule has 1 atom stereocenters. The molecule has 0 saturated carbocycles. The molecule has 6 heteroatoms. The summed E-state index contributed by atoms with van der Waals surface area (Å²) < 4.78 is 35.1. The average Bonchev–Trinajstić information content (AvgIpc) is 1.84. The van der Waals surface area contributed by atoms with Gasteiger partial charge in [-0.3, -0.25) is 4.79 Å². The first-order chi connectivity index (χ1) is 5.34. The zero-order valence-corrected chi connectivity index (χ0v) is 6.27. The summed E-state index contributed by atoms with van der Waals surface area (Å²) in [5.74, 6) is -1.11. The topological polar surface area (TPSA) is 63.3 Å². The maximum absolute atomic E-state index is 11.7. The van der Waals surface area contributed by atoms with Gasteiger partial charge in [-0.25, -0.2) is 0 Å². The van der Waals surface area contributed by atoms with E-state index in [4.69, 9.17) is 10.8 Å². The zero-order valence-electron chi connectivity index (χ0n) is 6.27. The third kappa shape index (κ3) is 4.95. The van der Waals surface area contributed by atoms with Gasteiger partial charge in [-0.1, -0.05) is 0 Å². The summed E-state index contributed by atoms with van der Waals surface area (Å²) in [6.45, 7) is 0. The van der Waals surface area contributed by atoms with E-state index in [1.165, 1.54) is 0 Å². The van der Waals surface area contributed by atoms with Crippen LogP contribution in [0.2, 0.25) is 0 Å². The van der Waals surface area contributed by atoms with Crippen molar-refractivity contribution in [1.29, 1.82) is 0 Å². The van der Waals surface area contributed by atoms with Crippen LogP contribution in [0.1, 0.15) is 19.3 Å². The second-order valence-corrected chi connectivity index (χ2v) is 2.43. The molecular weight excluding hydrogens is 175 g/mol. The molecular formula is C6H10F3NO2. The van der Waals surface area contributed by atoms with Crippen LogP contribution in [0.15, 0.2) is 0 Å². The van der Waals surface area contributed by atoms with Crippen LogP contribution in [-0.4, -0.2) is 23.3 Å². The van der Waals surface area contributed by atoms with Crippen molar-refractivity contribution in [3.8, 4) is 0 Å². The Morgan fingerprint density at radius 2 is 2.00 bits per heavy atom. The summed E-state index contributed by atoms with van der Waals surface area (Å²) in [4.78, 5) is 9.91. The Labute approximate surface area is 67.4 Å². The van der Waals surface area contributed by atoms with Crippen LogP contribution >= 0.6 is 0 Å². The minimum absolute atomic E-state index is 0.0456. The van der Waals surface area contributed by atoms with E-state index in [1.54, 1.807) is 0 Å². The third-order valence-electron chi connectivity index (χ3n) is 1.33. The van der Waals surface area contributed by atoms with E-state index in [-0.39, 0.29) is 19.3 Å². The quantitative estimate of drug-likeness (QED) is 0.690. The number of hydrogen-bond acceptors (Lipinski definition) is 2. The second-order valence-electron chi connectivity index (χ2n) is 2.43. The summed E-state index contributed by atoms with van der Waals surface area (Å²) in [7, 11) is 0. The fourth-order valence-corrected chi connectivity index (χ4v) is 0.637. The molecule has 3 nitrogen and oxygen atoms in total. The second kappa shape index (κ2) is 4.30. The monoisotopic (exact) mass is 185 g/mol. The SMILES string of the molecule is N[C@@H](CCCC(=O)O)C(F)(F)F. The van der Waals surface area contributed by atoms with Crippen molar-refractivity contribution in [1.82, 2.24) is 0 Å². The summed E-state index contributed by atoms with van der Waals surface area (Å²) in [5, 5.41) is 8.11. The van der Waals surface area contributed by atoms with Gasteiger partial charge in [-0.2, -0.15) is 13.2 Å². The first-order valence-electron chi connectivity index (χ1n) is 3.38. The highest BCUT2D eigenvalue weighted by atomic mass is 19.4. The Kier molecular flexibility index (Phi) is 4.02. The van der Waals surface area contributed by atoms with E-state index in [2.05, 4.69) is 0 Å². The van der Waals surface area contributed by atoms with Gasteiger partial charge in [0.25, 0.3) is 0 Å². The predicted molar refractivity (Wildman–Crippen MR) is 35.5 cm³/mol. The van der Waals surface area contributed by atoms with Crippen LogP contribution < -0.4 is 5.73 Å². The van der Waals surface area contributed by atoms with Crippen LogP contribution in [0, 0.1) is 0 Å². The average molecular weight is 185 g/mol.